The van der Waals surface area contributed by atoms with Gasteiger partial charge in [0.1, 0.15) is 6.54 Å². The molecule has 2 aliphatic heterocycles. The second-order valence-electron chi connectivity index (χ2n) is 8.83. The van der Waals surface area contributed by atoms with E-state index in [0.717, 1.165) is 50.8 Å². The maximum Gasteiger partial charge on any atom is 0.255 e. The van der Waals surface area contributed by atoms with Crippen LogP contribution >= 0.6 is 0 Å². The van der Waals surface area contributed by atoms with E-state index in [2.05, 4.69) is 32.0 Å². The van der Waals surface area contributed by atoms with Crippen LogP contribution in [0.15, 0.2) is 41.3 Å². The molecule has 0 spiro atoms. The zero-order chi connectivity index (χ0) is 22.0. The molecule has 2 aliphatic rings. The molecule has 0 N–H and O–H groups in total. The SMILES string of the molecule is Cc1ccc(C2CCCN2C(=O)c2ccc(=O)n(CC(=O)N3CCCCC3)c2)cc1C. The largest absolute Gasteiger partial charge is 0.341 e. The van der Waals surface area contributed by atoms with E-state index in [1.54, 1.807) is 12.3 Å². The number of hydrogen-bond acceptors (Lipinski definition) is 3. The van der Waals surface area contributed by atoms with Crippen molar-refractivity contribution in [2.75, 3.05) is 19.6 Å². The molecule has 6 heteroatoms. The Morgan fingerprint density at radius 3 is 2.45 bits per heavy atom. The summed E-state index contributed by atoms with van der Waals surface area (Å²) in [6.45, 7) is 6.36. The van der Waals surface area contributed by atoms with E-state index in [9.17, 15) is 14.4 Å². The summed E-state index contributed by atoms with van der Waals surface area (Å²) in [5, 5.41) is 0. The van der Waals surface area contributed by atoms with Crippen LogP contribution in [0.4, 0.5) is 0 Å². The van der Waals surface area contributed by atoms with Gasteiger partial charge in [0.2, 0.25) is 5.91 Å². The zero-order valence-electron chi connectivity index (χ0n) is 18.5. The fraction of sp³-hybridized carbons (Fsp3) is 0.480. The van der Waals surface area contributed by atoms with Crippen LogP contribution in [0.25, 0.3) is 0 Å². The number of amides is 2. The first-order chi connectivity index (χ1) is 14.9. The average molecular weight is 422 g/mol. The van der Waals surface area contributed by atoms with E-state index in [4.69, 9.17) is 0 Å². The van der Waals surface area contributed by atoms with E-state index >= 15 is 0 Å². The van der Waals surface area contributed by atoms with Gasteiger partial charge < -0.3 is 14.4 Å². The third-order valence-corrected chi connectivity index (χ3v) is 6.67. The van der Waals surface area contributed by atoms with Crippen molar-refractivity contribution >= 4 is 11.8 Å². The van der Waals surface area contributed by atoms with Gasteiger partial charge in [0.15, 0.2) is 0 Å². The van der Waals surface area contributed by atoms with Crippen LogP contribution in [0.5, 0.6) is 0 Å². The topological polar surface area (TPSA) is 62.6 Å². The number of hydrogen-bond donors (Lipinski definition) is 0. The lowest BCUT2D eigenvalue weighted by molar-refractivity contribution is -0.132. The molecule has 2 saturated heterocycles. The molecule has 2 amide bonds. The normalized spacial score (nSPS) is 19.0. The van der Waals surface area contributed by atoms with Crippen molar-refractivity contribution in [2.45, 2.75) is 58.5 Å². The predicted octanol–water partition coefficient (Wildman–Crippen LogP) is 3.45. The average Bonchev–Trinajstić information content (AvgIpc) is 3.27. The molecule has 4 rings (SSSR count). The summed E-state index contributed by atoms with van der Waals surface area (Å²) in [5.74, 6) is -0.138. The minimum atomic E-state index is -0.256. The van der Waals surface area contributed by atoms with Gasteiger partial charge in [-0.25, -0.2) is 0 Å². The maximum atomic E-state index is 13.3. The van der Waals surface area contributed by atoms with Crippen molar-refractivity contribution < 1.29 is 9.59 Å². The van der Waals surface area contributed by atoms with E-state index in [-0.39, 0.29) is 30.0 Å². The first-order valence-corrected chi connectivity index (χ1v) is 11.3. The van der Waals surface area contributed by atoms with Crippen LogP contribution in [0.3, 0.4) is 0 Å². The second-order valence-corrected chi connectivity index (χ2v) is 8.83. The molecule has 31 heavy (non-hydrogen) atoms. The third-order valence-electron chi connectivity index (χ3n) is 6.67. The van der Waals surface area contributed by atoms with Gasteiger partial charge in [-0.05, 0) is 68.7 Å². The Morgan fingerprint density at radius 2 is 1.71 bits per heavy atom. The predicted molar refractivity (Wildman–Crippen MR) is 120 cm³/mol. The first-order valence-electron chi connectivity index (χ1n) is 11.3. The molecule has 3 heterocycles. The number of aromatic nitrogens is 1. The Labute approximate surface area is 183 Å². The Hall–Kier alpha value is -2.89. The quantitative estimate of drug-likeness (QED) is 0.760. The van der Waals surface area contributed by atoms with Crippen molar-refractivity contribution in [3.63, 3.8) is 0 Å². The molecule has 2 aromatic rings. The summed E-state index contributed by atoms with van der Waals surface area (Å²) in [7, 11) is 0. The van der Waals surface area contributed by atoms with Crippen molar-refractivity contribution in [3.05, 3.63) is 69.1 Å². The number of aryl methyl sites for hydroxylation is 2. The fourth-order valence-corrected chi connectivity index (χ4v) is 4.66. The summed E-state index contributed by atoms with van der Waals surface area (Å²) >= 11 is 0. The molecule has 1 aromatic heterocycles. The van der Waals surface area contributed by atoms with Gasteiger partial charge >= 0.3 is 0 Å². The molecule has 1 aromatic carbocycles. The molecule has 0 bridgehead atoms. The lowest BCUT2D eigenvalue weighted by Crippen LogP contribution is -2.39. The molecule has 0 radical (unpaired) electrons. The van der Waals surface area contributed by atoms with Gasteiger partial charge in [0.05, 0.1) is 11.6 Å². The summed E-state index contributed by atoms with van der Waals surface area (Å²) in [4.78, 5) is 42.1. The van der Waals surface area contributed by atoms with Crippen LogP contribution in [0.2, 0.25) is 0 Å². The molecular formula is C25H31N3O3. The van der Waals surface area contributed by atoms with Crippen LogP contribution in [0, 0.1) is 13.8 Å². The summed E-state index contributed by atoms with van der Waals surface area (Å²) < 4.78 is 1.38. The van der Waals surface area contributed by atoms with Crippen LogP contribution in [-0.2, 0) is 11.3 Å². The van der Waals surface area contributed by atoms with E-state index in [1.807, 2.05) is 9.80 Å². The highest BCUT2D eigenvalue weighted by Gasteiger charge is 2.31. The number of pyridine rings is 1. The highest BCUT2D eigenvalue weighted by Crippen LogP contribution is 2.33. The van der Waals surface area contributed by atoms with Crippen molar-refractivity contribution in [3.8, 4) is 0 Å². The summed E-state index contributed by atoms with van der Waals surface area (Å²) in [6, 6.07) is 9.42. The van der Waals surface area contributed by atoms with Gasteiger partial charge in [-0.15, -0.1) is 0 Å². The number of likely N-dealkylation sites (tertiary alicyclic amines) is 2. The minimum absolute atomic E-state index is 0.0134. The minimum Gasteiger partial charge on any atom is -0.341 e. The highest BCUT2D eigenvalue weighted by molar-refractivity contribution is 5.94. The fourth-order valence-electron chi connectivity index (χ4n) is 4.66. The Kier molecular flexibility index (Phi) is 6.25. The number of carbonyl (C=O) groups excluding carboxylic acids is 2. The van der Waals surface area contributed by atoms with Gasteiger partial charge in [-0.3, -0.25) is 14.4 Å². The maximum absolute atomic E-state index is 13.3. The van der Waals surface area contributed by atoms with Crippen LogP contribution in [0.1, 0.15) is 65.2 Å². The number of rotatable bonds is 4. The highest BCUT2D eigenvalue weighted by atomic mass is 16.2. The molecular weight excluding hydrogens is 390 g/mol. The van der Waals surface area contributed by atoms with Crippen molar-refractivity contribution in [1.82, 2.24) is 14.4 Å². The lowest BCUT2D eigenvalue weighted by atomic mass is 9.99. The number of nitrogens with zero attached hydrogens (tertiary/aromatic N) is 3. The summed E-state index contributed by atoms with van der Waals surface area (Å²) in [5.41, 5.74) is 3.82. The van der Waals surface area contributed by atoms with Crippen LogP contribution in [-0.4, -0.2) is 45.8 Å². The zero-order valence-corrected chi connectivity index (χ0v) is 18.5. The van der Waals surface area contributed by atoms with E-state index < -0.39 is 0 Å². The third kappa shape index (κ3) is 4.58. The van der Waals surface area contributed by atoms with Gasteiger partial charge in [-0.2, -0.15) is 0 Å². The van der Waals surface area contributed by atoms with Gasteiger partial charge in [0.25, 0.3) is 11.5 Å². The Bertz CT molecular complexity index is 1040. The standard InChI is InChI=1S/C25H31N3O3/c1-18-8-9-20(15-19(18)2)22-7-6-14-28(22)25(31)21-10-11-23(29)27(16-21)17-24(30)26-12-4-3-5-13-26/h8-11,15-16,22H,3-7,12-14,17H2,1-2H3. The number of carbonyl (C=O) groups is 2. The molecule has 6 nitrogen and oxygen atoms in total. The van der Waals surface area contributed by atoms with Gasteiger partial charge in [-0.1, -0.05) is 18.2 Å². The molecule has 0 saturated carbocycles. The Balaban J connectivity index is 1.53. The molecule has 1 atom stereocenters. The first kappa shape index (κ1) is 21.3. The number of benzene rings is 1. The molecule has 164 valence electrons. The lowest BCUT2D eigenvalue weighted by Gasteiger charge is -2.27. The monoisotopic (exact) mass is 421 g/mol. The van der Waals surface area contributed by atoms with Crippen LogP contribution < -0.4 is 5.56 Å². The molecule has 1 unspecified atom stereocenters. The second kappa shape index (κ2) is 9.08. The van der Waals surface area contributed by atoms with Crippen molar-refractivity contribution in [1.29, 1.82) is 0 Å². The van der Waals surface area contributed by atoms with E-state index in [0.29, 0.717) is 12.1 Å². The van der Waals surface area contributed by atoms with E-state index in [1.165, 1.54) is 21.8 Å². The van der Waals surface area contributed by atoms with Gasteiger partial charge in [0, 0.05) is 31.9 Å². The number of piperidine rings is 1. The van der Waals surface area contributed by atoms with Crippen molar-refractivity contribution in [2.24, 2.45) is 0 Å². The Morgan fingerprint density at radius 1 is 0.935 bits per heavy atom. The molecule has 2 fully saturated rings. The molecule has 0 aliphatic carbocycles. The summed E-state index contributed by atoms with van der Waals surface area (Å²) in [6.07, 6.45) is 6.60. The smallest absolute Gasteiger partial charge is 0.255 e.